The SMILES string of the molecule is CC[C@H](C)[C@H]1C(C)NC2(CCCC2)CNCCN=CC=C(CCc2cc(F)c(C(F)(F)F)c(F)c2)NC=CN(C)C=C(Cc2ccc(C)cc2)N(CC)C=C2CCCN2[C@@H](C)C(C)N[C@@H]([C@@H](C)CC)CN[C@@H](CC(C)C)C(C)NCC2[C@@H](C(=O)N3CCCC3)C(C)N21. The summed E-state index contributed by atoms with van der Waals surface area (Å²) in [6, 6.07) is 11.8. The predicted octanol–water partition coefficient (Wildman–Crippen LogP) is 12.9. The van der Waals surface area contributed by atoms with Crippen LogP contribution in [0.2, 0.25) is 0 Å². The number of amides is 1. The molecule has 2 aromatic carbocycles. The fourth-order valence-electron chi connectivity index (χ4n) is 15.3. The molecule has 516 valence electrons. The van der Waals surface area contributed by atoms with E-state index in [4.69, 9.17) is 4.99 Å². The molecule has 12 atom stereocenters. The van der Waals surface area contributed by atoms with Crippen molar-refractivity contribution in [3.63, 3.8) is 0 Å². The maximum absolute atomic E-state index is 14.8. The van der Waals surface area contributed by atoms with E-state index < -0.39 is 23.4 Å². The Kier molecular flexibility index (Phi) is 28.5. The maximum Gasteiger partial charge on any atom is 0.422 e. The topological polar surface area (TPSA) is 118 Å². The minimum absolute atomic E-state index is 0.0568. The van der Waals surface area contributed by atoms with Crippen LogP contribution < -0.4 is 31.9 Å². The molecule has 0 radical (unpaired) electrons. The van der Waals surface area contributed by atoms with Crippen molar-refractivity contribution in [2.24, 2.45) is 28.7 Å². The highest BCUT2D eigenvalue weighted by atomic mass is 19.4. The number of halogens is 5. The van der Waals surface area contributed by atoms with Gasteiger partial charge in [-0.25, -0.2) is 8.78 Å². The summed E-state index contributed by atoms with van der Waals surface area (Å²) in [5, 5.41) is 23.9. The van der Waals surface area contributed by atoms with Gasteiger partial charge in [0.05, 0.1) is 12.5 Å². The highest BCUT2D eigenvalue weighted by Crippen LogP contribution is 2.42. The van der Waals surface area contributed by atoms with Crippen LogP contribution in [0.15, 0.2) is 89.4 Å². The van der Waals surface area contributed by atoms with Gasteiger partial charge in [0, 0.05) is 174 Å². The van der Waals surface area contributed by atoms with Gasteiger partial charge in [0.25, 0.3) is 0 Å². The molecule has 3 saturated heterocycles. The third kappa shape index (κ3) is 20.3. The molecule has 0 aromatic heterocycles. The first-order valence-corrected chi connectivity index (χ1v) is 35.5. The maximum atomic E-state index is 14.8. The molecule has 4 aliphatic heterocycles. The zero-order valence-electron chi connectivity index (χ0n) is 58.7. The van der Waals surface area contributed by atoms with E-state index in [2.05, 4.69) is 178 Å². The van der Waals surface area contributed by atoms with Crippen LogP contribution in [0.3, 0.4) is 0 Å². The van der Waals surface area contributed by atoms with Crippen molar-refractivity contribution in [1.29, 1.82) is 0 Å². The Labute approximate surface area is 551 Å². The van der Waals surface area contributed by atoms with Crippen molar-refractivity contribution < 1.29 is 26.7 Å². The van der Waals surface area contributed by atoms with Crippen LogP contribution >= 0.6 is 0 Å². The largest absolute Gasteiger partial charge is 0.422 e. The van der Waals surface area contributed by atoms with Gasteiger partial charge in [0.1, 0.15) is 17.2 Å². The highest BCUT2D eigenvalue weighted by Gasteiger charge is 2.55. The molecule has 0 bridgehead atoms. The lowest BCUT2D eigenvalue weighted by atomic mass is 9.74. The standard InChI is InChI=1S/C74H119F5N12O/c1-15-52(7)67-45-84-66(41-50(4)5)55(10)83-46-68-69(72(92)89-37-20-21-38-89)58(13)91(68)71(53(8)16-2)56(11)86-73(31-18-19-32-73)49-81-35-34-80-33-30-61(29-28-60-43-64(75)70(65(76)44-60)74(77,78)79)82-36-40-87(14)47-63(42-59-26-24-51(6)25-27-59)88(17-3)48-62-23-22-39-90(62)57(12)54(9)85-67/h24-27,30,33,36,40,43-44,47-48,50,52-58,66-69,71,81-86H,15-23,28-29,31-32,34-35,37-39,41-42,45-46,49H2,1-14H3/t52-,53-,54?,55?,56?,57-,58?,66-,67+,68?,69-,71-/m0/s1. The lowest BCUT2D eigenvalue weighted by Crippen LogP contribution is -2.76. The molecule has 1 aliphatic carbocycles. The number of aryl methyl sites for hydroxylation is 2. The van der Waals surface area contributed by atoms with Gasteiger partial charge in [0.15, 0.2) is 0 Å². The average Bonchev–Trinajstić information content (AvgIpc) is 1.29. The number of likely N-dealkylation sites (N-methyl/N-ethyl adjacent to an activating group) is 1. The van der Waals surface area contributed by atoms with Crippen molar-refractivity contribution in [3.8, 4) is 0 Å². The molecule has 2 aromatic rings. The van der Waals surface area contributed by atoms with Crippen LogP contribution in [-0.2, 0) is 23.8 Å². The van der Waals surface area contributed by atoms with Gasteiger partial charge in [-0.2, -0.15) is 13.2 Å². The molecule has 1 saturated carbocycles. The number of alkyl halides is 3. The molecular formula is C74H119F5N12O. The summed E-state index contributed by atoms with van der Waals surface area (Å²) in [6.07, 6.45) is 19.4. The zero-order chi connectivity index (χ0) is 66.9. The van der Waals surface area contributed by atoms with Crippen molar-refractivity contribution in [1.82, 2.24) is 56.4 Å². The Balaban J connectivity index is 1.22. The van der Waals surface area contributed by atoms with Gasteiger partial charge in [-0.15, -0.1) is 0 Å². The number of nitrogens with zero attached hydrogens (tertiary/aromatic N) is 6. The minimum Gasteiger partial charge on any atom is -0.369 e. The molecule has 92 heavy (non-hydrogen) atoms. The lowest BCUT2D eigenvalue weighted by molar-refractivity contribution is -0.160. The Morgan fingerprint density at radius 2 is 1.48 bits per heavy atom. The summed E-state index contributed by atoms with van der Waals surface area (Å²) in [5.41, 5.74) is 3.62. The number of carbonyl (C=O) groups is 1. The van der Waals surface area contributed by atoms with Crippen LogP contribution in [0.5, 0.6) is 0 Å². The Bertz CT molecular complexity index is 2730. The molecule has 4 fully saturated rings. The first kappa shape index (κ1) is 74.5. The molecule has 5 unspecified atom stereocenters. The fourth-order valence-corrected chi connectivity index (χ4v) is 15.3. The fraction of sp³-hybridized carbons (Fsp3) is 0.703. The third-order valence-electron chi connectivity index (χ3n) is 21.3. The van der Waals surface area contributed by atoms with Crippen molar-refractivity contribution in [2.75, 3.05) is 66.0 Å². The second kappa shape index (κ2) is 35.2. The monoisotopic (exact) mass is 1290 g/mol. The number of hydrogen-bond donors (Lipinski definition) is 6. The van der Waals surface area contributed by atoms with E-state index >= 15 is 0 Å². The van der Waals surface area contributed by atoms with Gasteiger partial charge in [0.2, 0.25) is 5.91 Å². The summed E-state index contributed by atoms with van der Waals surface area (Å²) in [6.45, 7) is 37.1. The number of aliphatic imine (C=N–C) groups is 1. The molecule has 1 spiro atoms. The minimum atomic E-state index is -5.15. The van der Waals surface area contributed by atoms with Crippen LogP contribution in [0, 0.1) is 42.2 Å². The smallest absolute Gasteiger partial charge is 0.369 e. The Morgan fingerprint density at radius 1 is 0.793 bits per heavy atom. The number of allylic oxidation sites excluding steroid dienone is 4. The number of rotatable bonds is 13. The number of carbonyl (C=O) groups excluding carboxylic acids is 1. The summed E-state index contributed by atoms with van der Waals surface area (Å²) in [5.74, 6) is -1.70. The van der Waals surface area contributed by atoms with Crippen LogP contribution in [-0.4, -0.2) is 162 Å². The summed E-state index contributed by atoms with van der Waals surface area (Å²) < 4.78 is 70.4. The second-order valence-electron chi connectivity index (χ2n) is 28.6. The normalized spacial score (nSPS) is 28.4. The molecule has 7 rings (SSSR count). The highest BCUT2D eigenvalue weighted by molar-refractivity contribution is 5.82. The van der Waals surface area contributed by atoms with Crippen LogP contribution in [0.4, 0.5) is 22.0 Å². The number of nitrogens with one attached hydrogen (secondary N) is 6. The van der Waals surface area contributed by atoms with E-state index in [-0.39, 0.29) is 84.2 Å². The molecular weight excluding hydrogens is 1170 g/mol. The Morgan fingerprint density at radius 3 is 2.12 bits per heavy atom. The number of benzene rings is 2. The molecule has 1 amide bonds. The number of fused-ring (bicyclic) bond motifs is 2. The Hall–Kier alpha value is -4.85. The van der Waals surface area contributed by atoms with E-state index in [1.165, 1.54) is 16.8 Å². The third-order valence-corrected chi connectivity index (χ3v) is 21.3. The molecule has 4 heterocycles. The second-order valence-corrected chi connectivity index (χ2v) is 28.6. The van der Waals surface area contributed by atoms with Gasteiger partial charge in [-0.3, -0.25) is 14.7 Å². The van der Waals surface area contributed by atoms with Crippen molar-refractivity contribution in [2.45, 2.75) is 246 Å². The van der Waals surface area contributed by atoms with Crippen LogP contribution in [0.1, 0.15) is 182 Å². The van der Waals surface area contributed by atoms with Gasteiger partial charge >= 0.3 is 6.18 Å². The molecule has 6 N–H and O–H groups in total. The van der Waals surface area contributed by atoms with E-state index in [1.54, 1.807) is 6.21 Å². The first-order valence-electron chi connectivity index (χ1n) is 35.5. The van der Waals surface area contributed by atoms with Crippen LogP contribution in [0.25, 0.3) is 0 Å². The number of hydrogen-bond acceptors (Lipinski definition) is 12. The van der Waals surface area contributed by atoms with E-state index in [0.29, 0.717) is 48.9 Å². The first-order chi connectivity index (χ1) is 43.9. The summed E-state index contributed by atoms with van der Waals surface area (Å²) in [4.78, 5) is 31.4. The molecule has 18 heteroatoms. The number of likely N-dealkylation sites (tertiary alicyclic amines) is 1. The molecule has 13 nitrogen and oxygen atoms in total. The summed E-state index contributed by atoms with van der Waals surface area (Å²) in [7, 11) is 1.99. The average molecular weight is 1290 g/mol. The predicted molar refractivity (Wildman–Crippen MR) is 369 cm³/mol. The zero-order valence-corrected chi connectivity index (χ0v) is 58.7. The van der Waals surface area contributed by atoms with E-state index in [0.717, 1.165) is 134 Å². The van der Waals surface area contributed by atoms with E-state index in [9.17, 15) is 26.7 Å². The van der Waals surface area contributed by atoms with Gasteiger partial charge in [-0.1, -0.05) is 97.1 Å². The summed E-state index contributed by atoms with van der Waals surface area (Å²) >= 11 is 0. The van der Waals surface area contributed by atoms with Crippen molar-refractivity contribution >= 4 is 12.1 Å². The van der Waals surface area contributed by atoms with E-state index in [1.807, 2.05) is 30.4 Å². The lowest BCUT2D eigenvalue weighted by Gasteiger charge is -2.60. The van der Waals surface area contributed by atoms with Gasteiger partial charge in [-0.05, 0) is 153 Å². The van der Waals surface area contributed by atoms with Gasteiger partial charge < -0.3 is 51.5 Å². The quantitative estimate of drug-likeness (QED) is 0.108. The van der Waals surface area contributed by atoms with Crippen molar-refractivity contribution in [3.05, 3.63) is 118 Å². The molecule has 5 aliphatic rings.